The fourth-order valence-electron chi connectivity index (χ4n) is 5.77. The largest absolute Gasteiger partial charge is 0.475 e. The summed E-state index contributed by atoms with van der Waals surface area (Å²) in [7, 11) is 0. The van der Waals surface area contributed by atoms with Gasteiger partial charge in [-0.1, -0.05) is 0 Å². The first kappa shape index (κ1) is 25.8. The topological polar surface area (TPSA) is 98.5 Å². The van der Waals surface area contributed by atoms with Crippen LogP contribution in [0.15, 0.2) is 24.5 Å². The van der Waals surface area contributed by atoms with Crippen LogP contribution in [-0.4, -0.2) is 63.5 Å². The van der Waals surface area contributed by atoms with Crippen LogP contribution in [0.5, 0.6) is 5.88 Å². The molecule has 39 heavy (non-hydrogen) atoms. The van der Waals surface area contributed by atoms with Crippen molar-refractivity contribution in [2.75, 3.05) is 42.6 Å². The van der Waals surface area contributed by atoms with Gasteiger partial charge in [-0.15, -0.1) is 5.10 Å². The summed E-state index contributed by atoms with van der Waals surface area (Å²) in [5.41, 5.74) is 0.412. The molecule has 1 amide bonds. The van der Waals surface area contributed by atoms with E-state index < -0.39 is 11.9 Å². The van der Waals surface area contributed by atoms with Crippen LogP contribution in [-0.2, 0) is 15.7 Å². The molecule has 1 spiro atoms. The normalized spacial score (nSPS) is 21.7. The zero-order valence-electron chi connectivity index (χ0n) is 21.7. The number of nitrogens with zero attached hydrogens (tertiary/aromatic N) is 7. The van der Waals surface area contributed by atoms with Crippen LogP contribution < -0.4 is 14.5 Å². The van der Waals surface area contributed by atoms with E-state index in [9.17, 15) is 18.0 Å². The highest BCUT2D eigenvalue weighted by Gasteiger charge is 2.46. The van der Waals surface area contributed by atoms with E-state index in [0.717, 1.165) is 50.2 Å². The predicted octanol–water partition coefficient (Wildman–Crippen LogP) is 4.36. The third-order valence-electron chi connectivity index (χ3n) is 7.89. The maximum atomic E-state index is 12.9. The lowest BCUT2D eigenvalue weighted by Crippen LogP contribution is -2.42. The van der Waals surface area contributed by atoms with Gasteiger partial charge >= 0.3 is 6.18 Å². The summed E-state index contributed by atoms with van der Waals surface area (Å²) in [5, 5.41) is 4.63. The maximum absolute atomic E-state index is 12.9. The summed E-state index contributed by atoms with van der Waals surface area (Å²) in [6.45, 7) is 4.86. The number of alkyl halides is 3. The minimum atomic E-state index is -4.51. The van der Waals surface area contributed by atoms with Crippen molar-refractivity contribution in [3.05, 3.63) is 30.2 Å². The zero-order chi connectivity index (χ0) is 27.2. The van der Waals surface area contributed by atoms with Crippen molar-refractivity contribution in [1.82, 2.24) is 24.7 Å². The average molecular weight is 546 g/mol. The molecule has 0 saturated carbocycles. The highest BCUT2D eigenvalue weighted by atomic mass is 19.4. The van der Waals surface area contributed by atoms with Crippen LogP contribution in [0.2, 0.25) is 0 Å². The number of rotatable bonds is 5. The Balaban J connectivity index is 1.18. The first-order valence-electron chi connectivity index (χ1n) is 13.3. The van der Waals surface area contributed by atoms with Gasteiger partial charge in [0.1, 0.15) is 11.5 Å². The molecule has 208 valence electrons. The smallest absolute Gasteiger partial charge is 0.433 e. The Bertz CT molecular complexity index is 1350. The molecule has 13 heteroatoms. The summed E-state index contributed by atoms with van der Waals surface area (Å²) in [6, 6.07) is 2.24. The number of anilines is 2. The minimum absolute atomic E-state index is 0.0916. The Morgan fingerprint density at radius 2 is 1.97 bits per heavy atom. The van der Waals surface area contributed by atoms with E-state index in [0.29, 0.717) is 62.0 Å². The van der Waals surface area contributed by atoms with E-state index in [1.165, 1.54) is 6.07 Å². The molecular weight excluding hydrogens is 515 g/mol. The van der Waals surface area contributed by atoms with E-state index in [2.05, 4.69) is 20.0 Å². The summed E-state index contributed by atoms with van der Waals surface area (Å²) >= 11 is 0. The van der Waals surface area contributed by atoms with E-state index in [-0.39, 0.29) is 17.6 Å². The van der Waals surface area contributed by atoms with Crippen molar-refractivity contribution < 1.29 is 27.4 Å². The number of aromatic nitrogens is 5. The second kappa shape index (κ2) is 9.92. The quantitative estimate of drug-likeness (QED) is 0.467. The van der Waals surface area contributed by atoms with Crippen LogP contribution >= 0.6 is 0 Å². The van der Waals surface area contributed by atoms with Gasteiger partial charge in [-0.25, -0.2) is 19.6 Å². The molecule has 1 unspecified atom stereocenters. The number of hydrogen-bond acceptors (Lipinski definition) is 8. The number of ether oxygens (including phenoxy) is 2. The molecule has 10 nitrogen and oxygen atoms in total. The van der Waals surface area contributed by atoms with Crippen LogP contribution in [0.4, 0.5) is 24.7 Å². The van der Waals surface area contributed by atoms with Gasteiger partial charge in [-0.05, 0) is 51.2 Å². The summed E-state index contributed by atoms with van der Waals surface area (Å²) < 4.78 is 52.2. The number of pyridine rings is 1. The van der Waals surface area contributed by atoms with Crippen LogP contribution in [0.1, 0.15) is 57.4 Å². The lowest BCUT2D eigenvalue weighted by molar-refractivity contribution is -0.141. The fourth-order valence-corrected chi connectivity index (χ4v) is 5.77. The molecule has 3 aromatic rings. The average Bonchev–Trinajstić information content (AvgIpc) is 3.46. The van der Waals surface area contributed by atoms with Crippen molar-refractivity contribution in [2.24, 2.45) is 5.41 Å². The predicted molar refractivity (Wildman–Crippen MR) is 135 cm³/mol. The van der Waals surface area contributed by atoms with Gasteiger partial charge in [0.2, 0.25) is 5.91 Å². The molecule has 6 heterocycles. The number of piperidine rings is 1. The van der Waals surface area contributed by atoms with Gasteiger partial charge in [0.05, 0.1) is 24.7 Å². The number of halogens is 3. The third-order valence-corrected chi connectivity index (χ3v) is 7.89. The van der Waals surface area contributed by atoms with Gasteiger partial charge in [-0.2, -0.15) is 13.2 Å². The molecule has 1 atom stereocenters. The third kappa shape index (κ3) is 4.88. The first-order valence-corrected chi connectivity index (χ1v) is 13.3. The molecule has 0 N–H and O–H groups in total. The van der Waals surface area contributed by atoms with Crippen molar-refractivity contribution in [3.8, 4) is 5.88 Å². The SMILES string of the molecule is CCOc1nn(C2CCCCO2)c2nc(N3CCC4(CC3)CC(=O)N(c3ccc(C(F)(F)F)nc3)C4)cnc12. The van der Waals surface area contributed by atoms with Crippen molar-refractivity contribution in [3.63, 3.8) is 0 Å². The van der Waals surface area contributed by atoms with Crippen molar-refractivity contribution in [2.45, 2.75) is 57.9 Å². The Hall–Kier alpha value is -3.48. The summed E-state index contributed by atoms with van der Waals surface area (Å²) in [4.78, 5) is 29.7. The molecule has 3 aromatic heterocycles. The lowest BCUT2D eigenvalue weighted by Gasteiger charge is -2.39. The molecule has 3 saturated heterocycles. The number of carbonyl (C=O) groups is 1. The molecule has 0 radical (unpaired) electrons. The molecule has 6 rings (SSSR count). The highest BCUT2D eigenvalue weighted by molar-refractivity contribution is 5.96. The maximum Gasteiger partial charge on any atom is 0.433 e. The van der Waals surface area contributed by atoms with Gasteiger partial charge in [0.25, 0.3) is 5.88 Å². The Kier molecular flexibility index (Phi) is 6.56. The molecule has 0 bridgehead atoms. The second-order valence-corrected chi connectivity index (χ2v) is 10.4. The van der Waals surface area contributed by atoms with E-state index in [1.54, 1.807) is 15.8 Å². The number of fused-ring (bicyclic) bond motifs is 1. The minimum Gasteiger partial charge on any atom is -0.475 e. The van der Waals surface area contributed by atoms with E-state index in [4.69, 9.17) is 14.5 Å². The van der Waals surface area contributed by atoms with E-state index in [1.807, 2.05) is 6.92 Å². The summed E-state index contributed by atoms with van der Waals surface area (Å²) in [6.07, 6.45) is 2.92. The van der Waals surface area contributed by atoms with Gasteiger partial charge in [0, 0.05) is 38.1 Å². The highest BCUT2D eigenvalue weighted by Crippen LogP contribution is 2.43. The molecule has 0 aromatic carbocycles. The van der Waals surface area contributed by atoms with Crippen LogP contribution in [0.3, 0.4) is 0 Å². The lowest BCUT2D eigenvalue weighted by atomic mass is 9.77. The Morgan fingerprint density at radius 1 is 1.15 bits per heavy atom. The molecule has 3 fully saturated rings. The number of amides is 1. The van der Waals surface area contributed by atoms with Gasteiger partial charge < -0.3 is 19.3 Å². The summed E-state index contributed by atoms with van der Waals surface area (Å²) in [5.74, 6) is 1.08. The number of hydrogen-bond donors (Lipinski definition) is 0. The van der Waals surface area contributed by atoms with Crippen molar-refractivity contribution in [1.29, 1.82) is 0 Å². The fraction of sp³-hybridized carbons (Fsp3) is 0.577. The van der Waals surface area contributed by atoms with Gasteiger partial charge in [0.15, 0.2) is 17.4 Å². The molecule has 3 aliphatic rings. The van der Waals surface area contributed by atoms with Crippen LogP contribution in [0.25, 0.3) is 11.2 Å². The first-order chi connectivity index (χ1) is 18.8. The molecular formula is C26H30F3N7O3. The molecule has 3 aliphatic heterocycles. The zero-order valence-corrected chi connectivity index (χ0v) is 21.7. The van der Waals surface area contributed by atoms with E-state index >= 15 is 0 Å². The second-order valence-electron chi connectivity index (χ2n) is 10.4. The van der Waals surface area contributed by atoms with Crippen LogP contribution in [0, 0.1) is 5.41 Å². The number of carbonyl (C=O) groups excluding carboxylic acids is 1. The monoisotopic (exact) mass is 545 g/mol. The Morgan fingerprint density at radius 3 is 2.64 bits per heavy atom. The van der Waals surface area contributed by atoms with Crippen molar-refractivity contribution >= 4 is 28.6 Å². The Labute approximate surface area is 223 Å². The standard InChI is InChI=1S/C26H30F3N7O3/c1-2-38-24-22-23(36(33-24)21-5-3-4-12-39-21)32-19(15-31-22)34-10-8-25(9-11-34)13-20(37)35(16-25)17-6-7-18(30-14-17)26(27,28)29/h6-7,14-15,21H,2-5,8-13,16H2,1H3. The molecule has 0 aliphatic carbocycles. The van der Waals surface area contributed by atoms with Gasteiger partial charge in [-0.3, -0.25) is 4.79 Å².